The average Bonchev–Trinajstić information content (AvgIpc) is 3.05. The van der Waals surface area contributed by atoms with Gasteiger partial charge in [-0.3, -0.25) is 0 Å². The fourth-order valence-corrected chi connectivity index (χ4v) is 6.42. The van der Waals surface area contributed by atoms with Crippen molar-refractivity contribution in [2.75, 3.05) is 0 Å². The van der Waals surface area contributed by atoms with Crippen LogP contribution in [0.2, 0.25) is 0 Å². The van der Waals surface area contributed by atoms with E-state index in [2.05, 4.69) is 13.8 Å². The minimum Gasteiger partial charge on any atom is -0.325 e. The van der Waals surface area contributed by atoms with Gasteiger partial charge >= 0.3 is 0 Å². The van der Waals surface area contributed by atoms with Gasteiger partial charge in [0.15, 0.2) is 0 Å². The molecule has 4 bridgehead atoms. The van der Waals surface area contributed by atoms with E-state index >= 15 is 0 Å². The Kier molecular flexibility index (Phi) is 2.82. The predicted octanol–water partition coefficient (Wildman–Crippen LogP) is 4.21. The first kappa shape index (κ1) is 12.7. The van der Waals surface area contributed by atoms with Gasteiger partial charge in [-0.25, -0.2) is 0 Å². The van der Waals surface area contributed by atoms with Crippen LogP contribution in [0.3, 0.4) is 0 Å². The molecule has 1 unspecified atom stereocenters. The van der Waals surface area contributed by atoms with Crippen molar-refractivity contribution < 1.29 is 0 Å². The first-order chi connectivity index (χ1) is 9.05. The Balaban J connectivity index is 1.59. The van der Waals surface area contributed by atoms with Crippen LogP contribution in [0.5, 0.6) is 0 Å². The topological polar surface area (TPSA) is 26.0 Å². The fourth-order valence-electron chi connectivity index (χ4n) is 6.42. The highest BCUT2D eigenvalue weighted by Gasteiger charge is 2.56. The van der Waals surface area contributed by atoms with Crippen LogP contribution in [0, 0.1) is 41.4 Å². The highest BCUT2D eigenvalue weighted by molar-refractivity contribution is 5.10. The lowest BCUT2D eigenvalue weighted by Gasteiger charge is -2.57. The summed E-state index contributed by atoms with van der Waals surface area (Å²) in [5.41, 5.74) is 6.97. The average molecular weight is 261 g/mol. The molecular formula is C18H31N. The van der Waals surface area contributed by atoms with E-state index in [1.54, 1.807) is 32.1 Å². The lowest BCUT2D eigenvalue weighted by Crippen LogP contribution is -2.52. The van der Waals surface area contributed by atoms with Gasteiger partial charge in [0.1, 0.15) is 0 Å². The van der Waals surface area contributed by atoms with Gasteiger partial charge in [-0.1, -0.05) is 13.8 Å². The molecule has 0 aromatic heterocycles. The lowest BCUT2D eigenvalue weighted by molar-refractivity contribution is -0.0721. The summed E-state index contributed by atoms with van der Waals surface area (Å²) in [6.45, 7) is 4.80. The maximum Gasteiger partial charge on any atom is 0.0187 e. The number of rotatable bonds is 4. The van der Waals surface area contributed by atoms with E-state index < -0.39 is 0 Å². The van der Waals surface area contributed by atoms with Crippen molar-refractivity contribution in [3.05, 3.63) is 0 Å². The SMILES string of the molecule is CC(C)CC(C1C2CC3CC(C2)CC1C3)C1(N)CC1. The van der Waals surface area contributed by atoms with Gasteiger partial charge in [-0.05, 0) is 92.8 Å². The third-order valence-corrected chi connectivity index (χ3v) is 7.06. The third kappa shape index (κ3) is 2.07. The molecule has 0 heterocycles. The first-order valence-electron chi connectivity index (χ1n) is 8.84. The molecule has 0 aliphatic heterocycles. The molecule has 5 aliphatic carbocycles. The summed E-state index contributed by atoms with van der Waals surface area (Å²) < 4.78 is 0. The molecule has 5 rings (SSSR count). The van der Waals surface area contributed by atoms with E-state index in [1.807, 2.05) is 0 Å². The zero-order valence-electron chi connectivity index (χ0n) is 12.8. The summed E-state index contributed by atoms with van der Waals surface area (Å²) in [5, 5.41) is 0. The van der Waals surface area contributed by atoms with E-state index in [4.69, 9.17) is 5.73 Å². The summed E-state index contributed by atoms with van der Waals surface area (Å²) in [6, 6.07) is 0. The molecule has 5 fully saturated rings. The molecule has 0 amide bonds. The Labute approximate surface area is 118 Å². The van der Waals surface area contributed by atoms with Crippen molar-refractivity contribution in [3.63, 3.8) is 0 Å². The van der Waals surface area contributed by atoms with Gasteiger partial charge in [0.05, 0.1) is 0 Å². The summed E-state index contributed by atoms with van der Waals surface area (Å²) in [4.78, 5) is 0. The number of hydrogen-bond acceptors (Lipinski definition) is 1. The quantitative estimate of drug-likeness (QED) is 0.806. The Morgan fingerprint density at radius 3 is 1.89 bits per heavy atom. The Morgan fingerprint density at radius 2 is 1.47 bits per heavy atom. The molecule has 0 saturated heterocycles. The van der Waals surface area contributed by atoms with E-state index in [0.717, 1.165) is 41.4 Å². The maximum absolute atomic E-state index is 6.72. The molecule has 108 valence electrons. The van der Waals surface area contributed by atoms with Crippen molar-refractivity contribution in [2.45, 2.75) is 70.8 Å². The van der Waals surface area contributed by atoms with Crippen molar-refractivity contribution in [1.82, 2.24) is 0 Å². The van der Waals surface area contributed by atoms with Crippen molar-refractivity contribution in [3.8, 4) is 0 Å². The molecular weight excluding hydrogens is 230 g/mol. The molecule has 1 atom stereocenters. The van der Waals surface area contributed by atoms with Gasteiger partial charge in [0.25, 0.3) is 0 Å². The first-order valence-corrected chi connectivity index (χ1v) is 8.84. The molecule has 0 aromatic rings. The van der Waals surface area contributed by atoms with E-state index in [9.17, 15) is 0 Å². The van der Waals surface area contributed by atoms with Gasteiger partial charge in [0, 0.05) is 5.54 Å². The summed E-state index contributed by atoms with van der Waals surface area (Å²) in [6.07, 6.45) is 11.8. The standard InChI is InChI=1S/C18H31N/c1-11(2)5-16(18(19)3-4-18)17-14-7-12-6-13(9-14)10-15(17)8-12/h11-17H,3-10,19H2,1-2H3. The molecule has 5 aliphatic rings. The Hall–Kier alpha value is -0.0400. The second-order valence-corrected chi connectivity index (χ2v) is 8.98. The Bertz CT molecular complexity index is 327. The van der Waals surface area contributed by atoms with Crippen LogP contribution in [0.15, 0.2) is 0 Å². The molecule has 2 N–H and O–H groups in total. The van der Waals surface area contributed by atoms with Gasteiger partial charge in [0.2, 0.25) is 0 Å². The lowest BCUT2D eigenvalue weighted by atomic mass is 9.48. The number of nitrogens with two attached hydrogens (primary N) is 1. The second kappa shape index (κ2) is 4.23. The largest absolute Gasteiger partial charge is 0.325 e. The maximum atomic E-state index is 6.72. The van der Waals surface area contributed by atoms with Crippen molar-refractivity contribution in [2.24, 2.45) is 47.2 Å². The second-order valence-electron chi connectivity index (χ2n) is 8.98. The zero-order valence-corrected chi connectivity index (χ0v) is 12.8. The Morgan fingerprint density at radius 1 is 0.947 bits per heavy atom. The highest BCUT2D eigenvalue weighted by atomic mass is 14.8. The van der Waals surface area contributed by atoms with E-state index in [0.29, 0.717) is 0 Å². The summed E-state index contributed by atoms with van der Waals surface area (Å²) in [7, 11) is 0. The smallest absolute Gasteiger partial charge is 0.0187 e. The van der Waals surface area contributed by atoms with Crippen LogP contribution in [0.25, 0.3) is 0 Å². The van der Waals surface area contributed by atoms with Crippen LogP contribution in [-0.2, 0) is 0 Å². The monoisotopic (exact) mass is 261 g/mol. The molecule has 0 spiro atoms. The van der Waals surface area contributed by atoms with Gasteiger partial charge in [-0.2, -0.15) is 0 Å². The highest BCUT2D eigenvalue weighted by Crippen LogP contribution is 2.62. The van der Waals surface area contributed by atoms with Crippen LogP contribution in [0.1, 0.15) is 65.2 Å². The molecule has 0 aromatic carbocycles. The molecule has 1 heteroatoms. The van der Waals surface area contributed by atoms with Crippen LogP contribution in [-0.4, -0.2) is 5.54 Å². The minimum absolute atomic E-state index is 0.254. The van der Waals surface area contributed by atoms with Gasteiger partial charge < -0.3 is 5.73 Å². The third-order valence-electron chi connectivity index (χ3n) is 7.06. The fraction of sp³-hybridized carbons (Fsp3) is 1.00. The molecule has 1 nitrogen and oxygen atoms in total. The zero-order chi connectivity index (χ0) is 13.2. The van der Waals surface area contributed by atoms with E-state index in [1.165, 1.54) is 19.3 Å². The minimum atomic E-state index is 0.254. The molecule has 0 radical (unpaired) electrons. The molecule has 19 heavy (non-hydrogen) atoms. The van der Waals surface area contributed by atoms with Crippen molar-refractivity contribution in [1.29, 1.82) is 0 Å². The normalized spacial score (nSPS) is 47.7. The van der Waals surface area contributed by atoms with Crippen molar-refractivity contribution >= 4 is 0 Å². The number of hydrogen-bond donors (Lipinski definition) is 1. The van der Waals surface area contributed by atoms with Crippen LogP contribution < -0.4 is 5.73 Å². The van der Waals surface area contributed by atoms with Crippen LogP contribution >= 0.6 is 0 Å². The van der Waals surface area contributed by atoms with Crippen LogP contribution in [0.4, 0.5) is 0 Å². The molecule has 5 saturated carbocycles. The summed E-state index contributed by atoms with van der Waals surface area (Å²) in [5.74, 6) is 6.99. The van der Waals surface area contributed by atoms with E-state index in [-0.39, 0.29) is 5.54 Å². The predicted molar refractivity (Wildman–Crippen MR) is 79.6 cm³/mol. The van der Waals surface area contributed by atoms with Gasteiger partial charge in [-0.15, -0.1) is 0 Å². The summed E-state index contributed by atoms with van der Waals surface area (Å²) >= 11 is 0.